The maximum atomic E-state index is 4.57. The summed E-state index contributed by atoms with van der Waals surface area (Å²) in [5, 5.41) is 0. The molecule has 0 unspecified atom stereocenters. The van der Waals surface area contributed by atoms with Crippen LogP contribution >= 0.6 is 0 Å². The average Bonchev–Trinajstić information content (AvgIpc) is 2.93. The van der Waals surface area contributed by atoms with Crippen molar-refractivity contribution >= 4 is 17.0 Å². The first-order valence-corrected chi connectivity index (χ1v) is 8.11. The highest BCUT2D eigenvalue weighted by molar-refractivity contribution is 5.83. The number of hydrogen-bond acceptors (Lipinski definition) is 4. The predicted molar refractivity (Wildman–Crippen MR) is 81.0 cm³/mol. The molecular weight excluding hydrogens is 262 g/mol. The molecule has 4 bridgehead atoms. The minimum Gasteiger partial charge on any atom is -0.352 e. The van der Waals surface area contributed by atoms with E-state index in [1.165, 1.54) is 38.5 Å². The molecule has 0 aliphatic heterocycles. The highest BCUT2D eigenvalue weighted by Gasteiger charge is 2.53. The van der Waals surface area contributed by atoms with Crippen LogP contribution in [0.2, 0.25) is 0 Å². The van der Waals surface area contributed by atoms with Gasteiger partial charge >= 0.3 is 0 Å². The van der Waals surface area contributed by atoms with Crippen LogP contribution in [0.4, 0.5) is 5.82 Å². The number of fused-ring (bicyclic) bond motifs is 1. The van der Waals surface area contributed by atoms with Gasteiger partial charge in [0.25, 0.3) is 0 Å². The van der Waals surface area contributed by atoms with E-state index in [4.69, 9.17) is 0 Å². The molecule has 2 aromatic rings. The maximum Gasteiger partial charge on any atom is 0.162 e. The third-order valence-electron chi connectivity index (χ3n) is 6.23. The second kappa shape index (κ2) is 3.96. The lowest BCUT2D eigenvalue weighted by Gasteiger charge is -2.60. The van der Waals surface area contributed by atoms with Gasteiger partial charge in [0.15, 0.2) is 11.5 Å². The standard InChI is InChI=1S/C16H21N5/c1-21(15-13-14(18-8-17-13)19-9-20-15)16-5-10-2-11(6-16)4-12(3-10)7-16/h8-12H,2-7H2,1H3,(H,17,18,19,20). The zero-order valence-electron chi connectivity index (χ0n) is 12.4. The van der Waals surface area contributed by atoms with E-state index in [1.807, 2.05) is 0 Å². The van der Waals surface area contributed by atoms with Crippen molar-refractivity contribution in [1.82, 2.24) is 19.9 Å². The lowest BCUT2D eigenvalue weighted by molar-refractivity contribution is -0.00220. The van der Waals surface area contributed by atoms with Crippen LogP contribution in [-0.4, -0.2) is 32.5 Å². The molecule has 2 heterocycles. The highest BCUT2D eigenvalue weighted by atomic mass is 15.3. The molecule has 6 rings (SSSR count). The lowest BCUT2D eigenvalue weighted by Crippen LogP contribution is -2.59. The molecule has 0 saturated heterocycles. The molecule has 4 aliphatic rings. The van der Waals surface area contributed by atoms with E-state index in [0.29, 0.717) is 5.54 Å². The van der Waals surface area contributed by atoms with Crippen molar-refractivity contribution in [3.8, 4) is 0 Å². The van der Waals surface area contributed by atoms with Crippen LogP contribution in [0.3, 0.4) is 0 Å². The van der Waals surface area contributed by atoms with Gasteiger partial charge in [-0.1, -0.05) is 0 Å². The fraction of sp³-hybridized carbons (Fsp3) is 0.688. The van der Waals surface area contributed by atoms with Gasteiger partial charge in [0.1, 0.15) is 11.8 Å². The molecule has 110 valence electrons. The smallest absolute Gasteiger partial charge is 0.162 e. The van der Waals surface area contributed by atoms with Gasteiger partial charge in [0, 0.05) is 12.6 Å². The van der Waals surface area contributed by atoms with Crippen LogP contribution in [0.25, 0.3) is 11.2 Å². The van der Waals surface area contributed by atoms with Gasteiger partial charge in [-0.25, -0.2) is 15.0 Å². The Morgan fingerprint density at radius 2 is 1.71 bits per heavy atom. The second-order valence-electron chi connectivity index (χ2n) is 7.50. The van der Waals surface area contributed by atoms with E-state index in [0.717, 1.165) is 34.7 Å². The van der Waals surface area contributed by atoms with Crippen molar-refractivity contribution in [3.05, 3.63) is 12.7 Å². The van der Waals surface area contributed by atoms with Crippen molar-refractivity contribution in [2.24, 2.45) is 17.8 Å². The Morgan fingerprint density at radius 1 is 1.05 bits per heavy atom. The summed E-state index contributed by atoms with van der Waals surface area (Å²) in [6, 6.07) is 0. The number of nitrogens with zero attached hydrogens (tertiary/aromatic N) is 4. The van der Waals surface area contributed by atoms with Crippen LogP contribution in [-0.2, 0) is 0 Å². The lowest BCUT2D eigenvalue weighted by atomic mass is 9.52. The van der Waals surface area contributed by atoms with E-state index in [2.05, 4.69) is 31.9 Å². The zero-order chi connectivity index (χ0) is 14.0. The Labute approximate surface area is 124 Å². The zero-order valence-corrected chi connectivity index (χ0v) is 12.4. The quantitative estimate of drug-likeness (QED) is 0.920. The molecule has 2 aromatic heterocycles. The van der Waals surface area contributed by atoms with Crippen LogP contribution in [0.1, 0.15) is 38.5 Å². The Morgan fingerprint density at radius 3 is 2.38 bits per heavy atom. The van der Waals surface area contributed by atoms with Gasteiger partial charge in [-0.3, -0.25) is 0 Å². The number of H-pyrrole nitrogens is 1. The van der Waals surface area contributed by atoms with Crippen LogP contribution in [0.5, 0.6) is 0 Å². The first-order chi connectivity index (χ1) is 10.2. The second-order valence-corrected chi connectivity index (χ2v) is 7.50. The first-order valence-electron chi connectivity index (χ1n) is 8.11. The van der Waals surface area contributed by atoms with Gasteiger partial charge in [0.2, 0.25) is 0 Å². The predicted octanol–water partition coefficient (Wildman–Crippen LogP) is 2.76. The van der Waals surface area contributed by atoms with Crippen molar-refractivity contribution in [2.45, 2.75) is 44.1 Å². The fourth-order valence-electron chi connectivity index (χ4n) is 5.70. The van der Waals surface area contributed by atoms with Crippen LogP contribution in [0, 0.1) is 17.8 Å². The summed E-state index contributed by atoms with van der Waals surface area (Å²) in [5.74, 6) is 3.82. The molecule has 0 aromatic carbocycles. The molecule has 21 heavy (non-hydrogen) atoms. The number of anilines is 1. The van der Waals surface area contributed by atoms with Gasteiger partial charge in [-0.15, -0.1) is 0 Å². The number of aromatic amines is 1. The first kappa shape index (κ1) is 12.0. The summed E-state index contributed by atoms with van der Waals surface area (Å²) >= 11 is 0. The minimum absolute atomic E-state index is 0.314. The third-order valence-corrected chi connectivity index (χ3v) is 6.23. The van der Waals surface area contributed by atoms with Crippen molar-refractivity contribution in [3.63, 3.8) is 0 Å². The number of aromatic nitrogens is 4. The maximum absolute atomic E-state index is 4.57. The summed E-state index contributed by atoms with van der Waals surface area (Å²) in [4.78, 5) is 18.8. The number of nitrogens with one attached hydrogen (secondary N) is 1. The monoisotopic (exact) mass is 283 g/mol. The number of imidazole rings is 1. The van der Waals surface area contributed by atoms with E-state index >= 15 is 0 Å². The molecule has 5 nitrogen and oxygen atoms in total. The molecular formula is C16H21N5. The van der Waals surface area contributed by atoms with E-state index in [9.17, 15) is 0 Å². The van der Waals surface area contributed by atoms with E-state index in [-0.39, 0.29) is 0 Å². The topological polar surface area (TPSA) is 57.7 Å². The van der Waals surface area contributed by atoms with E-state index < -0.39 is 0 Å². The normalized spacial score (nSPS) is 37.3. The van der Waals surface area contributed by atoms with Crippen molar-refractivity contribution in [2.75, 3.05) is 11.9 Å². The Bertz CT molecular complexity index is 656. The SMILES string of the molecule is CN(c1ncnc2[nH]cnc12)C12CC3CC(CC(C3)C1)C2. The van der Waals surface area contributed by atoms with Gasteiger partial charge in [0.05, 0.1) is 6.33 Å². The van der Waals surface area contributed by atoms with Gasteiger partial charge < -0.3 is 9.88 Å². The molecule has 0 atom stereocenters. The average molecular weight is 283 g/mol. The Balaban J connectivity index is 1.59. The van der Waals surface area contributed by atoms with Crippen molar-refractivity contribution in [1.29, 1.82) is 0 Å². The summed E-state index contributed by atoms with van der Waals surface area (Å²) in [7, 11) is 2.23. The summed E-state index contributed by atoms with van der Waals surface area (Å²) < 4.78 is 0. The largest absolute Gasteiger partial charge is 0.352 e. The summed E-state index contributed by atoms with van der Waals surface area (Å²) in [5.41, 5.74) is 2.07. The molecule has 4 aliphatic carbocycles. The number of rotatable bonds is 2. The number of hydrogen-bond donors (Lipinski definition) is 1. The fourth-order valence-corrected chi connectivity index (χ4v) is 5.70. The van der Waals surface area contributed by atoms with Crippen LogP contribution < -0.4 is 4.90 Å². The van der Waals surface area contributed by atoms with Gasteiger partial charge in [-0.2, -0.15) is 0 Å². The molecule has 0 amide bonds. The van der Waals surface area contributed by atoms with Crippen molar-refractivity contribution < 1.29 is 0 Å². The van der Waals surface area contributed by atoms with E-state index in [1.54, 1.807) is 12.7 Å². The third kappa shape index (κ3) is 1.60. The van der Waals surface area contributed by atoms with Crippen LogP contribution in [0.15, 0.2) is 12.7 Å². The summed E-state index contributed by atoms with van der Waals surface area (Å²) in [6.07, 6.45) is 11.8. The highest BCUT2D eigenvalue weighted by Crippen LogP contribution is 2.58. The Hall–Kier alpha value is -1.65. The molecule has 0 spiro atoms. The molecule has 5 heteroatoms. The Kier molecular flexibility index (Phi) is 2.25. The van der Waals surface area contributed by atoms with Gasteiger partial charge in [-0.05, 0) is 56.3 Å². The molecule has 0 radical (unpaired) electrons. The molecule has 1 N–H and O–H groups in total. The summed E-state index contributed by atoms with van der Waals surface area (Å²) in [6.45, 7) is 0. The molecule has 4 saturated carbocycles. The molecule has 4 fully saturated rings. The minimum atomic E-state index is 0.314.